The van der Waals surface area contributed by atoms with Gasteiger partial charge in [-0.15, -0.1) is 0 Å². The molecule has 1 aliphatic carbocycles. The van der Waals surface area contributed by atoms with E-state index in [2.05, 4.69) is 31.9 Å². The minimum atomic E-state index is -1.04. The average molecular weight is 725 g/mol. The minimum absolute atomic E-state index is 0.130. The number of fused-ring (bicyclic) bond motifs is 2. The molecule has 2 aliphatic rings. The van der Waals surface area contributed by atoms with Crippen LogP contribution in [0.5, 0.6) is 0 Å². The van der Waals surface area contributed by atoms with E-state index in [1.165, 1.54) is 17.9 Å². The summed E-state index contributed by atoms with van der Waals surface area (Å²) in [6, 6.07) is 22.3. The van der Waals surface area contributed by atoms with E-state index in [0.29, 0.717) is 51.3 Å². The van der Waals surface area contributed by atoms with Gasteiger partial charge in [-0.1, -0.05) is 85.9 Å². The van der Waals surface area contributed by atoms with Crippen molar-refractivity contribution >= 4 is 83.6 Å². The molecule has 6 rings (SSSR count). The second-order valence-electron chi connectivity index (χ2n) is 10.8. The standard InChI is InChI=1S/C33H25Br2ClN2O5/c1-17(30(39)19-5-4-6-20(36)13-19)43-33(42)25-16-29(37-28-8-3-2-7-22(25)28)18-9-11-21(12-10-18)38-31(40)23-14-26(34)27(35)15-24(23)32(38)41/h2-13,16-17,23-24,26-27H,14-15H2,1H3. The quantitative estimate of drug-likeness (QED) is 0.0891. The van der Waals surface area contributed by atoms with Crippen LogP contribution in [-0.2, 0) is 14.3 Å². The Morgan fingerprint density at radius 2 is 1.56 bits per heavy atom. The summed E-state index contributed by atoms with van der Waals surface area (Å²) < 4.78 is 5.62. The smallest absolute Gasteiger partial charge is 0.339 e. The number of ketones is 1. The highest BCUT2D eigenvalue weighted by Crippen LogP contribution is 2.44. The van der Waals surface area contributed by atoms with E-state index >= 15 is 0 Å². The first-order valence-corrected chi connectivity index (χ1v) is 16.0. The Kier molecular flexibility index (Phi) is 8.24. The van der Waals surface area contributed by atoms with Crippen LogP contribution >= 0.6 is 43.5 Å². The number of imide groups is 1. The van der Waals surface area contributed by atoms with Gasteiger partial charge in [-0.2, -0.15) is 0 Å². The van der Waals surface area contributed by atoms with E-state index in [1.54, 1.807) is 66.7 Å². The second-order valence-corrected chi connectivity index (χ2v) is 13.6. The number of amides is 2. The summed E-state index contributed by atoms with van der Waals surface area (Å²) in [5.74, 6) is -2.06. The maximum atomic E-state index is 13.4. The van der Waals surface area contributed by atoms with Crippen LogP contribution in [0.3, 0.4) is 0 Å². The van der Waals surface area contributed by atoms with Crippen molar-refractivity contribution in [3.63, 3.8) is 0 Å². The number of hydrogen-bond donors (Lipinski definition) is 0. The normalized spacial score (nSPS) is 22.4. The molecule has 1 aliphatic heterocycles. The number of Topliss-reactive ketones (excluding diaryl/α,β-unsaturated/α-hetero) is 1. The predicted octanol–water partition coefficient (Wildman–Crippen LogP) is 7.41. The number of hydrogen-bond acceptors (Lipinski definition) is 6. The van der Waals surface area contributed by atoms with Gasteiger partial charge in [0.15, 0.2) is 6.10 Å². The summed E-state index contributed by atoms with van der Waals surface area (Å²) in [6.07, 6.45) is 0.158. The van der Waals surface area contributed by atoms with Crippen molar-refractivity contribution in [3.8, 4) is 11.3 Å². The first-order valence-electron chi connectivity index (χ1n) is 13.8. The molecule has 218 valence electrons. The fourth-order valence-corrected chi connectivity index (χ4v) is 7.20. The molecule has 0 radical (unpaired) electrons. The molecule has 4 aromatic rings. The van der Waals surface area contributed by atoms with Crippen molar-refractivity contribution < 1.29 is 23.9 Å². The lowest BCUT2D eigenvalue weighted by molar-refractivity contribution is -0.122. The molecule has 1 aromatic heterocycles. The van der Waals surface area contributed by atoms with Crippen molar-refractivity contribution in [3.05, 3.63) is 95.0 Å². The molecule has 1 saturated heterocycles. The lowest BCUT2D eigenvalue weighted by Gasteiger charge is -2.29. The van der Waals surface area contributed by atoms with Crippen molar-refractivity contribution in [2.75, 3.05) is 4.90 Å². The summed E-state index contributed by atoms with van der Waals surface area (Å²) >= 11 is 13.3. The SMILES string of the molecule is CC(OC(=O)c1cc(-c2ccc(N3C(=O)C4CC(Br)C(Br)CC4C3=O)cc2)nc2ccccc12)C(=O)c1cccc(Cl)c1. The van der Waals surface area contributed by atoms with Crippen LogP contribution in [0, 0.1) is 11.8 Å². The summed E-state index contributed by atoms with van der Waals surface area (Å²) in [7, 11) is 0. The van der Waals surface area contributed by atoms with Crippen molar-refractivity contribution in [1.29, 1.82) is 0 Å². The number of alkyl halides is 2. The van der Waals surface area contributed by atoms with Crippen LogP contribution in [0.25, 0.3) is 22.2 Å². The Bertz CT molecular complexity index is 1750. The Morgan fingerprint density at radius 3 is 2.21 bits per heavy atom. The zero-order valence-corrected chi connectivity index (χ0v) is 26.8. The lowest BCUT2D eigenvalue weighted by atomic mass is 9.81. The zero-order valence-electron chi connectivity index (χ0n) is 22.9. The van der Waals surface area contributed by atoms with Gasteiger partial charge in [0, 0.05) is 31.2 Å². The largest absolute Gasteiger partial charge is 0.451 e. The molecule has 2 fully saturated rings. The third-order valence-electron chi connectivity index (χ3n) is 8.03. The topological polar surface area (TPSA) is 93.6 Å². The number of aromatic nitrogens is 1. The maximum Gasteiger partial charge on any atom is 0.339 e. The van der Waals surface area contributed by atoms with E-state index in [4.69, 9.17) is 21.3 Å². The number of ether oxygens (including phenoxy) is 1. The number of rotatable bonds is 6. The molecule has 0 N–H and O–H groups in total. The highest BCUT2D eigenvalue weighted by atomic mass is 79.9. The van der Waals surface area contributed by atoms with Crippen LogP contribution in [0.15, 0.2) is 78.9 Å². The molecule has 7 nitrogen and oxygen atoms in total. The van der Waals surface area contributed by atoms with Gasteiger partial charge >= 0.3 is 5.97 Å². The summed E-state index contributed by atoms with van der Waals surface area (Å²) in [6.45, 7) is 1.53. The molecule has 0 bridgehead atoms. The Balaban J connectivity index is 1.27. The lowest BCUT2D eigenvalue weighted by Crippen LogP contribution is -2.34. The van der Waals surface area contributed by atoms with E-state index in [1.807, 2.05) is 6.07 Å². The number of halogens is 3. The monoisotopic (exact) mass is 722 g/mol. The molecule has 10 heteroatoms. The Morgan fingerprint density at radius 1 is 0.907 bits per heavy atom. The molecule has 5 atom stereocenters. The van der Waals surface area contributed by atoms with Gasteiger partial charge in [-0.05, 0) is 56.2 Å². The molecule has 5 unspecified atom stereocenters. The third-order valence-corrected chi connectivity index (χ3v) is 11.0. The molecule has 0 spiro atoms. The summed E-state index contributed by atoms with van der Waals surface area (Å²) in [5.41, 5.74) is 2.87. The fraction of sp³-hybridized carbons (Fsp3) is 0.242. The highest BCUT2D eigenvalue weighted by molar-refractivity contribution is 9.12. The molecule has 43 heavy (non-hydrogen) atoms. The van der Waals surface area contributed by atoms with Crippen LogP contribution in [-0.4, -0.2) is 44.3 Å². The van der Waals surface area contributed by atoms with Gasteiger partial charge in [0.2, 0.25) is 17.6 Å². The molecule has 1 saturated carbocycles. The molecule has 3 aromatic carbocycles. The van der Waals surface area contributed by atoms with E-state index in [9.17, 15) is 19.2 Å². The van der Waals surface area contributed by atoms with Crippen LogP contribution in [0.4, 0.5) is 5.69 Å². The number of carbonyl (C=O) groups excluding carboxylic acids is 4. The molecular weight excluding hydrogens is 700 g/mol. The van der Waals surface area contributed by atoms with Gasteiger partial charge in [0.1, 0.15) is 0 Å². The number of anilines is 1. The van der Waals surface area contributed by atoms with Crippen molar-refractivity contribution in [1.82, 2.24) is 4.98 Å². The molecular formula is C33H25Br2ClN2O5. The number of esters is 1. The van der Waals surface area contributed by atoms with Crippen LogP contribution in [0.1, 0.15) is 40.5 Å². The first-order chi connectivity index (χ1) is 20.6. The number of pyridine rings is 1. The minimum Gasteiger partial charge on any atom is -0.451 e. The average Bonchev–Trinajstić information content (AvgIpc) is 3.24. The van der Waals surface area contributed by atoms with Gasteiger partial charge in [-0.3, -0.25) is 19.3 Å². The number of para-hydroxylation sites is 1. The zero-order chi connectivity index (χ0) is 30.4. The molecule has 2 amide bonds. The summed E-state index contributed by atoms with van der Waals surface area (Å²) in [4.78, 5) is 59.1. The van der Waals surface area contributed by atoms with E-state index in [-0.39, 0.29) is 44.7 Å². The van der Waals surface area contributed by atoms with Crippen molar-refractivity contribution in [2.24, 2.45) is 11.8 Å². The number of benzene rings is 3. The van der Waals surface area contributed by atoms with E-state index < -0.39 is 12.1 Å². The van der Waals surface area contributed by atoms with Crippen LogP contribution in [0.2, 0.25) is 5.02 Å². The van der Waals surface area contributed by atoms with E-state index in [0.717, 1.165) is 0 Å². The van der Waals surface area contributed by atoms with Gasteiger partial charge in [0.05, 0.1) is 34.3 Å². The second kappa shape index (κ2) is 11.9. The number of nitrogens with zero attached hydrogens (tertiary/aromatic N) is 2. The molecule has 2 heterocycles. The Labute approximate surface area is 269 Å². The first kappa shape index (κ1) is 29.7. The summed E-state index contributed by atoms with van der Waals surface area (Å²) in [5, 5.41) is 0.999. The predicted molar refractivity (Wildman–Crippen MR) is 172 cm³/mol. The maximum absolute atomic E-state index is 13.4. The third kappa shape index (κ3) is 5.66. The van der Waals surface area contributed by atoms with Gasteiger partial charge in [0.25, 0.3) is 0 Å². The van der Waals surface area contributed by atoms with Crippen molar-refractivity contribution in [2.45, 2.75) is 35.5 Å². The van der Waals surface area contributed by atoms with Crippen LogP contribution < -0.4 is 4.90 Å². The van der Waals surface area contributed by atoms with Gasteiger partial charge in [-0.25, -0.2) is 9.78 Å². The fourth-order valence-electron chi connectivity index (χ4n) is 5.78. The number of carbonyl (C=O) groups is 4. The highest BCUT2D eigenvalue weighted by Gasteiger charge is 2.52. The van der Waals surface area contributed by atoms with Gasteiger partial charge < -0.3 is 4.74 Å². The Hall–Kier alpha value is -3.40.